The first-order valence-corrected chi connectivity index (χ1v) is 6.98. The maximum absolute atomic E-state index is 13.0. The lowest BCUT2D eigenvalue weighted by Crippen LogP contribution is -2.37. The average Bonchev–Trinajstić information content (AvgIpc) is 3.18. The zero-order chi connectivity index (χ0) is 13.7. The molecular formula is C15H22FN3. The van der Waals surface area contributed by atoms with Crippen molar-refractivity contribution in [2.24, 2.45) is 4.99 Å². The van der Waals surface area contributed by atoms with Gasteiger partial charge in [0, 0.05) is 18.5 Å². The summed E-state index contributed by atoms with van der Waals surface area (Å²) >= 11 is 0. The highest BCUT2D eigenvalue weighted by Gasteiger charge is 2.44. The molecule has 3 nitrogen and oxygen atoms in total. The molecule has 0 spiro atoms. The third kappa shape index (κ3) is 3.46. The van der Waals surface area contributed by atoms with Crippen molar-refractivity contribution in [1.82, 2.24) is 10.6 Å². The van der Waals surface area contributed by atoms with Crippen LogP contribution in [0, 0.1) is 5.82 Å². The normalized spacial score (nSPS) is 15.7. The minimum Gasteiger partial charge on any atom is -0.357 e. The SMILES string of the molecule is CCNC(=NCC1(c2ccc(F)cc2)CC1)NCC. The monoisotopic (exact) mass is 263 g/mol. The number of aliphatic imine (C=N–C) groups is 1. The molecule has 1 aromatic carbocycles. The van der Waals surface area contributed by atoms with Gasteiger partial charge >= 0.3 is 0 Å². The molecule has 1 fully saturated rings. The summed E-state index contributed by atoms with van der Waals surface area (Å²) in [4.78, 5) is 4.64. The van der Waals surface area contributed by atoms with Crippen LogP contribution in [-0.4, -0.2) is 25.6 Å². The van der Waals surface area contributed by atoms with E-state index in [0.717, 1.165) is 38.4 Å². The number of nitrogens with zero attached hydrogens (tertiary/aromatic N) is 1. The lowest BCUT2D eigenvalue weighted by atomic mass is 9.96. The summed E-state index contributed by atoms with van der Waals surface area (Å²) in [7, 11) is 0. The van der Waals surface area contributed by atoms with Crippen molar-refractivity contribution >= 4 is 5.96 Å². The van der Waals surface area contributed by atoms with Gasteiger partial charge in [0.15, 0.2) is 5.96 Å². The Hall–Kier alpha value is -1.58. The van der Waals surface area contributed by atoms with Crippen molar-refractivity contribution < 1.29 is 4.39 Å². The van der Waals surface area contributed by atoms with Gasteiger partial charge in [-0.25, -0.2) is 4.39 Å². The molecule has 104 valence electrons. The summed E-state index contributed by atoms with van der Waals surface area (Å²) < 4.78 is 13.0. The standard InChI is InChI=1S/C15H22FN3/c1-3-17-14(18-4-2)19-11-15(9-10-15)12-5-7-13(16)8-6-12/h5-8H,3-4,9-11H2,1-2H3,(H2,17,18,19). The quantitative estimate of drug-likeness (QED) is 0.632. The molecule has 0 saturated heterocycles. The van der Waals surface area contributed by atoms with E-state index in [2.05, 4.69) is 29.5 Å². The van der Waals surface area contributed by atoms with Crippen molar-refractivity contribution in [3.8, 4) is 0 Å². The molecule has 0 aliphatic heterocycles. The Morgan fingerprint density at radius 3 is 2.21 bits per heavy atom. The topological polar surface area (TPSA) is 36.4 Å². The lowest BCUT2D eigenvalue weighted by Gasteiger charge is -2.15. The van der Waals surface area contributed by atoms with Crippen molar-refractivity contribution in [3.05, 3.63) is 35.6 Å². The van der Waals surface area contributed by atoms with E-state index in [1.807, 2.05) is 12.1 Å². The van der Waals surface area contributed by atoms with Crippen molar-refractivity contribution in [3.63, 3.8) is 0 Å². The fourth-order valence-corrected chi connectivity index (χ4v) is 2.23. The summed E-state index contributed by atoms with van der Waals surface area (Å²) in [6.07, 6.45) is 2.27. The number of hydrogen-bond acceptors (Lipinski definition) is 1. The van der Waals surface area contributed by atoms with Gasteiger partial charge in [-0.3, -0.25) is 4.99 Å². The van der Waals surface area contributed by atoms with Gasteiger partial charge in [-0.1, -0.05) is 12.1 Å². The molecule has 0 aromatic heterocycles. The van der Waals surface area contributed by atoms with E-state index < -0.39 is 0 Å². The summed E-state index contributed by atoms with van der Waals surface area (Å²) in [5.74, 6) is 0.683. The van der Waals surface area contributed by atoms with E-state index in [1.165, 1.54) is 17.7 Å². The van der Waals surface area contributed by atoms with Crippen LogP contribution in [-0.2, 0) is 5.41 Å². The fraction of sp³-hybridized carbons (Fsp3) is 0.533. The van der Waals surface area contributed by atoms with Crippen LogP contribution in [0.1, 0.15) is 32.3 Å². The Kier molecular flexibility index (Phi) is 4.40. The summed E-state index contributed by atoms with van der Waals surface area (Å²) in [5.41, 5.74) is 1.33. The highest BCUT2D eigenvalue weighted by Crippen LogP contribution is 2.48. The van der Waals surface area contributed by atoms with Crippen LogP contribution < -0.4 is 10.6 Å². The largest absolute Gasteiger partial charge is 0.357 e. The number of guanidine groups is 1. The highest BCUT2D eigenvalue weighted by molar-refractivity contribution is 5.79. The van der Waals surface area contributed by atoms with Gasteiger partial charge in [0.25, 0.3) is 0 Å². The van der Waals surface area contributed by atoms with E-state index in [-0.39, 0.29) is 11.2 Å². The second-order valence-corrected chi connectivity index (χ2v) is 5.01. The van der Waals surface area contributed by atoms with Crippen LogP contribution in [0.4, 0.5) is 4.39 Å². The fourth-order valence-electron chi connectivity index (χ4n) is 2.23. The molecule has 0 atom stereocenters. The van der Waals surface area contributed by atoms with E-state index in [0.29, 0.717) is 0 Å². The molecule has 0 heterocycles. The zero-order valence-electron chi connectivity index (χ0n) is 11.7. The maximum Gasteiger partial charge on any atom is 0.191 e. The van der Waals surface area contributed by atoms with Crippen LogP contribution in [0.15, 0.2) is 29.3 Å². The molecular weight excluding hydrogens is 241 g/mol. The van der Waals surface area contributed by atoms with Crippen LogP contribution in [0.2, 0.25) is 0 Å². The Bertz CT molecular complexity index is 427. The number of nitrogens with one attached hydrogen (secondary N) is 2. The number of benzene rings is 1. The van der Waals surface area contributed by atoms with E-state index >= 15 is 0 Å². The predicted octanol–water partition coefficient (Wildman–Crippen LogP) is 2.43. The number of halogens is 1. The molecule has 1 aliphatic rings. The van der Waals surface area contributed by atoms with Crippen LogP contribution in [0.25, 0.3) is 0 Å². The third-order valence-electron chi connectivity index (χ3n) is 3.54. The molecule has 2 rings (SSSR count). The average molecular weight is 263 g/mol. The van der Waals surface area contributed by atoms with Crippen molar-refractivity contribution in [1.29, 1.82) is 0 Å². The van der Waals surface area contributed by atoms with E-state index in [4.69, 9.17) is 0 Å². The number of hydrogen-bond donors (Lipinski definition) is 2. The van der Waals surface area contributed by atoms with E-state index in [1.54, 1.807) is 0 Å². The molecule has 0 bridgehead atoms. The third-order valence-corrected chi connectivity index (χ3v) is 3.54. The van der Waals surface area contributed by atoms with Crippen LogP contribution in [0.5, 0.6) is 0 Å². The van der Waals surface area contributed by atoms with Gasteiger partial charge in [-0.15, -0.1) is 0 Å². The molecule has 2 N–H and O–H groups in total. The molecule has 0 unspecified atom stereocenters. The van der Waals surface area contributed by atoms with Gasteiger partial charge in [0.2, 0.25) is 0 Å². The Balaban J connectivity index is 2.04. The summed E-state index contributed by atoms with van der Waals surface area (Å²) in [6.45, 7) is 6.58. The van der Waals surface area contributed by atoms with Gasteiger partial charge in [-0.2, -0.15) is 0 Å². The minimum atomic E-state index is -0.177. The van der Waals surface area contributed by atoms with Gasteiger partial charge < -0.3 is 10.6 Å². The van der Waals surface area contributed by atoms with Crippen molar-refractivity contribution in [2.45, 2.75) is 32.1 Å². The van der Waals surface area contributed by atoms with Gasteiger partial charge in [-0.05, 0) is 44.4 Å². The number of rotatable bonds is 5. The van der Waals surface area contributed by atoms with Gasteiger partial charge in [0.05, 0.1) is 6.54 Å². The smallest absolute Gasteiger partial charge is 0.191 e. The molecule has 4 heteroatoms. The molecule has 19 heavy (non-hydrogen) atoms. The summed E-state index contributed by atoms with van der Waals surface area (Å²) in [6, 6.07) is 6.85. The van der Waals surface area contributed by atoms with Crippen LogP contribution in [0.3, 0.4) is 0 Å². The van der Waals surface area contributed by atoms with Crippen molar-refractivity contribution in [2.75, 3.05) is 19.6 Å². The molecule has 1 aromatic rings. The maximum atomic E-state index is 13.0. The van der Waals surface area contributed by atoms with Crippen LogP contribution >= 0.6 is 0 Å². The Morgan fingerprint density at radius 2 is 1.74 bits per heavy atom. The molecule has 0 radical (unpaired) electrons. The molecule has 1 aliphatic carbocycles. The first-order valence-electron chi connectivity index (χ1n) is 6.98. The minimum absolute atomic E-state index is 0.129. The predicted molar refractivity (Wildman–Crippen MR) is 77.0 cm³/mol. The van der Waals surface area contributed by atoms with Gasteiger partial charge in [0.1, 0.15) is 5.82 Å². The summed E-state index contributed by atoms with van der Waals surface area (Å²) in [5, 5.41) is 6.45. The highest BCUT2D eigenvalue weighted by atomic mass is 19.1. The zero-order valence-corrected chi connectivity index (χ0v) is 11.7. The molecule has 0 amide bonds. The Morgan fingerprint density at radius 1 is 1.16 bits per heavy atom. The Labute approximate surface area is 114 Å². The molecule has 1 saturated carbocycles. The lowest BCUT2D eigenvalue weighted by molar-refractivity contribution is 0.623. The second kappa shape index (κ2) is 6.04. The first kappa shape index (κ1) is 13.8. The second-order valence-electron chi connectivity index (χ2n) is 5.01. The van der Waals surface area contributed by atoms with E-state index in [9.17, 15) is 4.39 Å². The first-order chi connectivity index (χ1) is 9.20.